The number of ether oxygens (including phenoxy) is 2. The maximum atomic E-state index is 12.2. The third kappa shape index (κ3) is 4.31. The molecule has 1 amide bonds. The van der Waals surface area contributed by atoms with Crippen molar-refractivity contribution in [2.75, 3.05) is 14.2 Å². The number of aromatic nitrogens is 1. The molecule has 0 fully saturated rings. The summed E-state index contributed by atoms with van der Waals surface area (Å²) in [4.78, 5) is 20.5. The van der Waals surface area contributed by atoms with E-state index in [0.29, 0.717) is 17.9 Å². The Morgan fingerprint density at radius 3 is 2.77 bits per heavy atom. The van der Waals surface area contributed by atoms with Gasteiger partial charge in [-0.25, -0.2) is 4.99 Å². The van der Waals surface area contributed by atoms with E-state index in [4.69, 9.17) is 9.47 Å². The van der Waals surface area contributed by atoms with Gasteiger partial charge in [-0.1, -0.05) is 12.1 Å². The van der Waals surface area contributed by atoms with Crippen molar-refractivity contribution in [3.8, 4) is 5.75 Å². The van der Waals surface area contributed by atoms with Crippen molar-refractivity contribution in [3.05, 3.63) is 59.9 Å². The lowest BCUT2D eigenvalue weighted by Gasteiger charge is -2.08. The number of carbonyl (C=O) groups excluding carboxylic acids is 1. The Balaban J connectivity index is 2.04. The molecule has 0 aliphatic heterocycles. The number of rotatable bonds is 4. The number of pyridine rings is 1. The topological polar surface area (TPSA) is 72.8 Å². The van der Waals surface area contributed by atoms with E-state index >= 15 is 0 Å². The Hall–Kier alpha value is -2.89. The molecular weight excluding hydrogens is 282 g/mol. The van der Waals surface area contributed by atoms with Gasteiger partial charge in [-0.05, 0) is 30.3 Å². The minimum Gasteiger partial charge on any atom is -0.497 e. The van der Waals surface area contributed by atoms with Crippen molar-refractivity contribution in [2.24, 2.45) is 4.99 Å². The van der Waals surface area contributed by atoms with Crippen LogP contribution in [0.5, 0.6) is 5.75 Å². The fourth-order valence-corrected chi connectivity index (χ4v) is 1.73. The highest BCUT2D eigenvalue weighted by molar-refractivity contribution is 6.04. The minimum atomic E-state index is -0.319. The largest absolute Gasteiger partial charge is 0.497 e. The summed E-state index contributed by atoms with van der Waals surface area (Å²) in [7, 11) is 3.00. The predicted octanol–water partition coefficient (Wildman–Crippen LogP) is 2.02. The number of amidine groups is 1. The Kier molecular flexibility index (Phi) is 5.48. The van der Waals surface area contributed by atoms with Gasteiger partial charge in [-0.3, -0.25) is 15.1 Å². The van der Waals surface area contributed by atoms with Crippen molar-refractivity contribution in [1.82, 2.24) is 10.3 Å². The van der Waals surface area contributed by atoms with E-state index in [0.717, 1.165) is 5.69 Å². The maximum absolute atomic E-state index is 12.2. The molecule has 1 aromatic carbocycles. The number of carbonyl (C=O) groups is 1. The third-order valence-corrected chi connectivity index (χ3v) is 2.86. The molecule has 0 aliphatic carbocycles. The van der Waals surface area contributed by atoms with Crippen molar-refractivity contribution in [2.45, 2.75) is 6.54 Å². The average Bonchev–Trinajstić information content (AvgIpc) is 2.59. The molecule has 0 saturated heterocycles. The second-order valence-corrected chi connectivity index (χ2v) is 4.33. The molecule has 0 spiro atoms. The fraction of sp³-hybridized carbons (Fsp3) is 0.188. The molecule has 1 aromatic heterocycles. The van der Waals surface area contributed by atoms with E-state index in [1.54, 1.807) is 37.6 Å². The van der Waals surface area contributed by atoms with Gasteiger partial charge in [0.25, 0.3) is 11.9 Å². The first-order valence-electron chi connectivity index (χ1n) is 6.66. The first-order valence-corrected chi connectivity index (χ1v) is 6.66. The fourth-order valence-electron chi connectivity index (χ4n) is 1.73. The van der Waals surface area contributed by atoms with Gasteiger partial charge >= 0.3 is 0 Å². The van der Waals surface area contributed by atoms with Gasteiger partial charge in [0.05, 0.1) is 26.5 Å². The van der Waals surface area contributed by atoms with Crippen LogP contribution < -0.4 is 10.1 Å². The number of hydrogen-bond acceptors (Lipinski definition) is 5. The van der Waals surface area contributed by atoms with Crippen LogP contribution in [0.4, 0.5) is 0 Å². The van der Waals surface area contributed by atoms with Crippen LogP contribution in [-0.2, 0) is 11.3 Å². The van der Waals surface area contributed by atoms with Gasteiger partial charge in [-0.15, -0.1) is 0 Å². The van der Waals surface area contributed by atoms with Crippen LogP contribution in [0.2, 0.25) is 0 Å². The highest BCUT2D eigenvalue weighted by atomic mass is 16.5. The summed E-state index contributed by atoms with van der Waals surface area (Å²) in [6, 6.07) is 12.5. The Labute approximate surface area is 128 Å². The van der Waals surface area contributed by atoms with E-state index in [1.165, 1.54) is 7.11 Å². The molecule has 6 heteroatoms. The number of amides is 1. The summed E-state index contributed by atoms with van der Waals surface area (Å²) in [5.41, 5.74) is 1.25. The van der Waals surface area contributed by atoms with Crippen LogP contribution in [0.15, 0.2) is 53.7 Å². The van der Waals surface area contributed by atoms with Crippen molar-refractivity contribution < 1.29 is 14.3 Å². The molecule has 0 aliphatic rings. The minimum absolute atomic E-state index is 0.137. The molecule has 0 unspecified atom stereocenters. The number of hydrogen-bond donors (Lipinski definition) is 1. The third-order valence-electron chi connectivity index (χ3n) is 2.86. The van der Waals surface area contributed by atoms with Crippen LogP contribution in [-0.4, -0.2) is 31.1 Å². The standard InChI is InChI=1S/C16H17N3O3/c1-21-14-8-5-6-12(10-14)15(20)19-16(22-2)18-11-13-7-3-4-9-17-13/h3-10H,11H2,1-2H3,(H,18,19,20). The van der Waals surface area contributed by atoms with Crippen LogP contribution in [0.1, 0.15) is 16.1 Å². The number of benzene rings is 1. The number of aliphatic imine (C=N–C) groups is 1. The van der Waals surface area contributed by atoms with Crippen LogP contribution in [0.25, 0.3) is 0 Å². The molecule has 2 rings (SSSR count). The Morgan fingerprint density at radius 1 is 1.23 bits per heavy atom. The second-order valence-electron chi connectivity index (χ2n) is 4.33. The SMILES string of the molecule is COC(=NCc1ccccn1)NC(=O)c1cccc(OC)c1. The molecule has 22 heavy (non-hydrogen) atoms. The molecule has 114 valence electrons. The van der Waals surface area contributed by atoms with Gasteiger partial charge in [0.2, 0.25) is 0 Å². The lowest BCUT2D eigenvalue weighted by atomic mass is 10.2. The molecule has 0 bridgehead atoms. The van der Waals surface area contributed by atoms with Crippen molar-refractivity contribution >= 4 is 11.9 Å². The molecule has 1 heterocycles. The van der Waals surface area contributed by atoms with Crippen LogP contribution >= 0.6 is 0 Å². The highest BCUT2D eigenvalue weighted by Gasteiger charge is 2.10. The zero-order valence-electron chi connectivity index (χ0n) is 12.4. The predicted molar refractivity (Wildman–Crippen MR) is 82.8 cm³/mol. The summed E-state index contributed by atoms with van der Waals surface area (Å²) in [5, 5.41) is 2.61. The maximum Gasteiger partial charge on any atom is 0.291 e. The second kappa shape index (κ2) is 7.78. The van der Waals surface area contributed by atoms with E-state index < -0.39 is 0 Å². The Bertz CT molecular complexity index is 657. The van der Waals surface area contributed by atoms with Gasteiger partial charge < -0.3 is 9.47 Å². The number of methoxy groups -OCH3 is 2. The average molecular weight is 299 g/mol. The smallest absolute Gasteiger partial charge is 0.291 e. The zero-order valence-corrected chi connectivity index (χ0v) is 12.4. The Morgan fingerprint density at radius 2 is 2.09 bits per heavy atom. The highest BCUT2D eigenvalue weighted by Crippen LogP contribution is 2.12. The van der Waals surface area contributed by atoms with E-state index in [-0.39, 0.29) is 11.9 Å². The molecule has 2 aromatic rings. The molecule has 1 N–H and O–H groups in total. The van der Waals surface area contributed by atoms with E-state index in [1.807, 2.05) is 18.2 Å². The monoisotopic (exact) mass is 299 g/mol. The summed E-state index contributed by atoms with van der Waals surface area (Å²) in [6.45, 7) is 0.322. The lowest BCUT2D eigenvalue weighted by molar-refractivity contribution is 0.0968. The van der Waals surface area contributed by atoms with Gasteiger partial charge in [0.15, 0.2) is 0 Å². The van der Waals surface area contributed by atoms with Crippen LogP contribution in [0.3, 0.4) is 0 Å². The lowest BCUT2D eigenvalue weighted by Crippen LogP contribution is -2.31. The summed E-state index contributed by atoms with van der Waals surface area (Å²) in [5.74, 6) is 0.289. The van der Waals surface area contributed by atoms with Crippen molar-refractivity contribution in [1.29, 1.82) is 0 Å². The molecule has 0 radical (unpaired) electrons. The molecule has 6 nitrogen and oxygen atoms in total. The number of nitrogens with one attached hydrogen (secondary N) is 1. The zero-order chi connectivity index (χ0) is 15.8. The van der Waals surface area contributed by atoms with Gasteiger partial charge in [0, 0.05) is 11.8 Å². The normalized spacial score (nSPS) is 10.9. The van der Waals surface area contributed by atoms with E-state index in [9.17, 15) is 4.79 Å². The molecular formula is C16H17N3O3. The summed E-state index contributed by atoms with van der Waals surface area (Å²) in [6.07, 6.45) is 1.69. The van der Waals surface area contributed by atoms with Gasteiger partial charge in [-0.2, -0.15) is 0 Å². The van der Waals surface area contributed by atoms with Crippen LogP contribution in [0, 0.1) is 0 Å². The quantitative estimate of drug-likeness (QED) is 0.692. The molecule has 0 saturated carbocycles. The first kappa shape index (κ1) is 15.5. The molecule has 0 atom stereocenters. The number of nitrogens with zero attached hydrogens (tertiary/aromatic N) is 2. The first-order chi connectivity index (χ1) is 10.7. The van der Waals surface area contributed by atoms with Gasteiger partial charge in [0.1, 0.15) is 5.75 Å². The van der Waals surface area contributed by atoms with Crippen molar-refractivity contribution in [3.63, 3.8) is 0 Å². The van der Waals surface area contributed by atoms with E-state index in [2.05, 4.69) is 15.3 Å². The summed E-state index contributed by atoms with van der Waals surface area (Å²) >= 11 is 0. The summed E-state index contributed by atoms with van der Waals surface area (Å²) < 4.78 is 10.2.